The number of fused-ring (bicyclic) bond motifs is 1. The molecule has 1 atom stereocenters. The minimum absolute atomic E-state index is 0.683. The molecule has 0 aliphatic rings. The lowest BCUT2D eigenvalue weighted by atomic mass is 10.1. The Hall–Kier alpha value is -1.57. The summed E-state index contributed by atoms with van der Waals surface area (Å²) >= 11 is 0. The van der Waals surface area contributed by atoms with Crippen molar-refractivity contribution in [3.8, 4) is 0 Å². The Morgan fingerprint density at radius 3 is 2.82 bits per heavy atom. The van der Waals surface area contributed by atoms with Crippen molar-refractivity contribution in [3.05, 3.63) is 35.9 Å². The summed E-state index contributed by atoms with van der Waals surface area (Å²) in [4.78, 5) is 4.67. The quantitative estimate of drug-likeness (QED) is 0.855. The number of para-hydroxylation sites is 1. The number of rotatable bonds is 4. The first-order valence-corrected chi connectivity index (χ1v) is 6.31. The van der Waals surface area contributed by atoms with Crippen LogP contribution in [0.3, 0.4) is 0 Å². The summed E-state index contributed by atoms with van der Waals surface area (Å²) in [5.41, 5.74) is 2.27. The summed E-state index contributed by atoms with van der Waals surface area (Å²) in [6.07, 6.45) is 1.19. The summed E-state index contributed by atoms with van der Waals surface area (Å²) in [7, 11) is 0. The minimum Gasteiger partial charge on any atom is -0.370 e. The Labute approximate surface area is 103 Å². The van der Waals surface area contributed by atoms with Gasteiger partial charge >= 0.3 is 0 Å². The second kappa shape index (κ2) is 5.17. The van der Waals surface area contributed by atoms with Gasteiger partial charge in [0.05, 0.1) is 5.52 Å². The summed E-state index contributed by atoms with van der Waals surface area (Å²) in [6.45, 7) is 7.57. The van der Waals surface area contributed by atoms with Crippen LogP contribution in [0.15, 0.2) is 30.3 Å². The Bertz CT molecular complexity index is 505. The molecule has 90 valence electrons. The maximum Gasteiger partial charge on any atom is 0.129 e. The van der Waals surface area contributed by atoms with Crippen LogP contribution in [0.2, 0.25) is 0 Å². The molecule has 0 fully saturated rings. The molecule has 1 unspecified atom stereocenters. The third kappa shape index (κ3) is 2.76. The molecule has 1 aromatic heterocycles. The number of nitrogens with zero attached hydrogens (tertiary/aromatic N) is 1. The molecule has 1 aromatic carbocycles. The van der Waals surface area contributed by atoms with Crippen LogP contribution < -0.4 is 5.32 Å². The topological polar surface area (TPSA) is 24.9 Å². The molecular formula is C15H20N2. The highest BCUT2D eigenvalue weighted by atomic mass is 15.0. The van der Waals surface area contributed by atoms with E-state index in [-0.39, 0.29) is 0 Å². The zero-order valence-corrected chi connectivity index (χ0v) is 10.8. The van der Waals surface area contributed by atoms with E-state index in [1.54, 1.807) is 0 Å². The van der Waals surface area contributed by atoms with Crippen LogP contribution in [0, 0.1) is 12.8 Å². The zero-order chi connectivity index (χ0) is 12.3. The number of anilines is 1. The van der Waals surface area contributed by atoms with Gasteiger partial charge < -0.3 is 5.32 Å². The lowest BCUT2D eigenvalue weighted by Crippen LogP contribution is -2.12. The molecule has 1 heterocycles. The molecule has 2 nitrogen and oxygen atoms in total. The van der Waals surface area contributed by atoms with Crippen molar-refractivity contribution in [2.24, 2.45) is 5.92 Å². The van der Waals surface area contributed by atoms with E-state index in [9.17, 15) is 0 Å². The van der Waals surface area contributed by atoms with Gasteiger partial charge in [0.25, 0.3) is 0 Å². The fraction of sp³-hybridized carbons (Fsp3) is 0.400. The third-order valence-corrected chi connectivity index (χ3v) is 3.23. The fourth-order valence-corrected chi connectivity index (χ4v) is 1.82. The van der Waals surface area contributed by atoms with Gasteiger partial charge in [0.15, 0.2) is 0 Å². The Morgan fingerprint density at radius 1 is 1.29 bits per heavy atom. The molecule has 1 N–H and O–H groups in total. The number of aromatic nitrogens is 1. The van der Waals surface area contributed by atoms with Crippen LogP contribution in [0.1, 0.15) is 25.8 Å². The van der Waals surface area contributed by atoms with Gasteiger partial charge in [-0.15, -0.1) is 0 Å². The number of aryl methyl sites for hydroxylation is 1. The van der Waals surface area contributed by atoms with Crippen molar-refractivity contribution in [2.45, 2.75) is 27.2 Å². The van der Waals surface area contributed by atoms with Crippen molar-refractivity contribution in [1.82, 2.24) is 4.98 Å². The second-order valence-corrected chi connectivity index (χ2v) is 4.74. The molecule has 2 aromatic rings. The minimum atomic E-state index is 0.683. The third-order valence-electron chi connectivity index (χ3n) is 3.23. The van der Waals surface area contributed by atoms with Crippen molar-refractivity contribution in [1.29, 1.82) is 0 Å². The molecule has 2 heteroatoms. The molecule has 0 amide bonds. The largest absolute Gasteiger partial charge is 0.370 e. The van der Waals surface area contributed by atoms with Crippen LogP contribution in [-0.2, 0) is 0 Å². The summed E-state index contributed by atoms with van der Waals surface area (Å²) < 4.78 is 0. The van der Waals surface area contributed by atoms with Crippen molar-refractivity contribution >= 4 is 16.7 Å². The first-order valence-electron chi connectivity index (χ1n) is 6.31. The van der Waals surface area contributed by atoms with Crippen LogP contribution >= 0.6 is 0 Å². The molecule has 0 saturated carbocycles. The Morgan fingerprint density at radius 2 is 2.06 bits per heavy atom. The first-order chi connectivity index (χ1) is 8.20. The van der Waals surface area contributed by atoms with Gasteiger partial charge in [-0.25, -0.2) is 4.98 Å². The van der Waals surface area contributed by atoms with Gasteiger partial charge in [0, 0.05) is 11.9 Å². The van der Waals surface area contributed by atoms with Crippen LogP contribution in [-0.4, -0.2) is 11.5 Å². The second-order valence-electron chi connectivity index (χ2n) is 4.74. The van der Waals surface area contributed by atoms with Crippen molar-refractivity contribution in [3.63, 3.8) is 0 Å². The molecule has 0 spiro atoms. The zero-order valence-electron chi connectivity index (χ0n) is 10.8. The molecular weight excluding hydrogens is 208 g/mol. The Balaban J connectivity index is 2.25. The number of pyridine rings is 1. The summed E-state index contributed by atoms with van der Waals surface area (Å²) in [5.74, 6) is 1.70. The maximum atomic E-state index is 4.67. The summed E-state index contributed by atoms with van der Waals surface area (Å²) in [5, 5.41) is 4.65. The van der Waals surface area contributed by atoms with E-state index in [1.165, 1.54) is 17.4 Å². The highest BCUT2D eigenvalue weighted by molar-refractivity contribution is 5.81. The van der Waals surface area contributed by atoms with Crippen LogP contribution in [0.5, 0.6) is 0 Å². The predicted molar refractivity (Wildman–Crippen MR) is 74.4 cm³/mol. The normalized spacial score (nSPS) is 12.6. The first kappa shape index (κ1) is 11.9. The van der Waals surface area contributed by atoms with E-state index in [1.807, 2.05) is 6.07 Å². The molecule has 0 aliphatic heterocycles. The van der Waals surface area contributed by atoms with Crippen molar-refractivity contribution < 1.29 is 0 Å². The van der Waals surface area contributed by atoms with Gasteiger partial charge in [0.2, 0.25) is 0 Å². The standard InChI is InChI=1S/C15H20N2/c1-4-11(2)10-16-15-12(3)9-13-7-5-6-8-14(13)17-15/h5-9,11H,4,10H2,1-3H3,(H,16,17). The SMILES string of the molecule is CCC(C)CNc1nc2ccccc2cc1C. The number of nitrogens with one attached hydrogen (secondary N) is 1. The van der Waals surface area contributed by atoms with E-state index in [0.717, 1.165) is 17.9 Å². The van der Waals surface area contributed by atoms with Crippen LogP contribution in [0.4, 0.5) is 5.82 Å². The molecule has 0 radical (unpaired) electrons. The average Bonchev–Trinajstić information content (AvgIpc) is 2.35. The lowest BCUT2D eigenvalue weighted by molar-refractivity contribution is 0.592. The van der Waals surface area contributed by atoms with Gasteiger partial charge in [0.1, 0.15) is 5.82 Å². The smallest absolute Gasteiger partial charge is 0.129 e. The molecule has 0 saturated heterocycles. The molecule has 0 bridgehead atoms. The Kier molecular flexibility index (Phi) is 3.62. The van der Waals surface area contributed by atoms with Crippen LogP contribution in [0.25, 0.3) is 10.9 Å². The number of hydrogen-bond donors (Lipinski definition) is 1. The van der Waals surface area contributed by atoms with Gasteiger partial charge in [-0.1, -0.05) is 38.5 Å². The maximum absolute atomic E-state index is 4.67. The van der Waals surface area contributed by atoms with E-state index in [2.05, 4.69) is 55.3 Å². The molecule has 2 rings (SSSR count). The van der Waals surface area contributed by atoms with Gasteiger partial charge in [-0.2, -0.15) is 0 Å². The monoisotopic (exact) mass is 228 g/mol. The van der Waals surface area contributed by atoms with E-state index >= 15 is 0 Å². The fourth-order valence-electron chi connectivity index (χ4n) is 1.82. The summed E-state index contributed by atoms with van der Waals surface area (Å²) in [6, 6.07) is 10.4. The van der Waals surface area contributed by atoms with Gasteiger partial charge in [-0.05, 0) is 30.5 Å². The van der Waals surface area contributed by atoms with E-state index < -0.39 is 0 Å². The molecule has 17 heavy (non-hydrogen) atoms. The predicted octanol–water partition coefficient (Wildman–Crippen LogP) is 4.00. The lowest BCUT2D eigenvalue weighted by Gasteiger charge is -2.13. The molecule has 0 aliphatic carbocycles. The highest BCUT2D eigenvalue weighted by Crippen LogP contribution is 2.19. The highest BCUT2D eigenvalue weighted by Gasteiger charge is 2.04. The average molecular weight is 228 g/mol. The van der Waals surface area contributed by atoms with E-state index in [0.29, 0.717) is 5.92 Å². The number of benzene rings is 1. The van der Waals surface area contributed by atoms with Crippen molar-refractivity contribution in [2.75, 3.05) is 11.9 Å². The number of hydrogen-bond acceptors (Lipinski definition) is 2. The van der Waals surface area contributed by atoms with E-state index in [4.69, 9.17) is 0 Å². The van der Waals surface area contributed by atoms with Gasteiger partial charge in [-0.3, -0.25) is 0 Å².